The Balaban J connectivity index is 1.67. The lowest BCUT2D eigenvalue weighted by molar-refractivity contribution is -0.119. The number of pyridine rings is 1. The molecule has 0 aliphatic rings. The molecule has 1 amide bonds. The smallest absolute Gasteiger partial charge is 0.217 e. The van der Waals surface area contributed by atoms with E-state index in [9.17, 15) is 14.3 Å². The van der Waals surface area contributed by atoms with Gasteiger partial charge >= 0.3 is 0 Å². The Kier molecular flexibility index (Phi) is 7.87. The fourth-order valence-corrected chi connectivity index (χ4v) is 3.57. The summed E-state index contributed by atoms with van der Waals surface area (Å²) in [5.74, 6) is -0.240. The van der Waals surface area contributed by atoms with E-state index in [0.717, 1.165) is 33.5 Å². The molecule has 1 heterocycles. The highest BCUT2D eigenvalue weighted by Gasteiger charge is 2.14. The summed E-state index contributed by atoms with van der Waals surface area (Å²) in [6.45, 7) is 5.09. The Hall–Kier alpha value is -3.09. The van der Waals surface area contributed by atoms with Crippen molar-refractivity contribution in [2.45, 2.75) is 46.0 Å². The summed E-state index contributed by atoms with van der Waals surface area (Å²) in [6, 6.07) is 16.4. The van der Waals surface area contributed by atoms with E-state index in [1.807, 2.05) is 30.3 Å². The van der Waals surface area contributed by atoms with Gasteiger partial charge in [0.25, 0.3) is 0 Å². The molecule has 6 heteroatoms. The first-order chi connectivity index (χ1) is 15.0. The third kappa shape index (κ3) is 6.20. The summed E-state index contributed by atoms with van der Waals surface area (Å²) in [5, 5.41) is 15.9. The molecule has 3 N–H and O–H groups in total. The number of benzene rings is 2. The Morgan fingerprint density at radius 3 is 2.55 bits per heavy atom. The van der Waals surface area contributed by atoms with Crippen LogP contribution in [0.3, 0.4) is 0 Å². The number of rotatable bonds is 9. The Labute approximate surface area is 182 Å². The third-order valence-electron chi connectivity index (χ3n) is 5.35. The SMILES string of the molecule is CC(=O)NCc1ccc(CNCc2ncccc2C(C)c2ccc(F)cc2)c(CO)c1. The molecule has 1 unspecified atom stereocenters. The van der Waals surface area contributed by atoms with Crippen molar-refractivity contribution in [3.63, 3.8) is 0 Å². The molecule has 3 aromatic rings. The number of halogens is 1. The first-order valence-corrected chi connectivity index (χ1v) is 10.3. The van der Waals surface area contributed by atoms with Crippen LogP contribution in [0.2, 0.25) is 0 Å². The number of aromatic nitrogens is 1. The molecule has 2 aromatic carbocycles. The molecule has 1 atom stereocenters. The van der Waals surface area contributed by atoms with Crippen LogP contribution in [0.4, 0.5) is 4.39 Å². The molecule has 0 saturated carbocycles. The molecule has 0 fully saturated rings. The second kappa shape index (κ2) is 10.8. The second-order valence-electron chi connectivity index (χ2n) is 7.59. The third-order valence-corrected chi connectivity index (χ3v) is 5.35. The van der Waals surface area contributed by atoms with Crippen molar-refractivity contribution in [1.82, 2.24) is 15.6 Å². The average Bonchev–Trinajstić information content (AvgIpc) is 2.78. The van der Waals surface area contributed by atoms with Crippen LogP contribution in [0, 0.1) is 5.82 Å². The van der Waals surface area contributed by atoms with Crippen LogP contribution in [0.1, 0.15) is 53.3 Å². The van der Waals surface area contributed by atoms with Gasteiger partial charge in [-0.3, -0.25) is 9.78 Å². The summed E-state index contributed by atoms with van der Waals surface area (Å²) in [6.07, 6.45) is 1.77. The number of carbonyl (C=O) groups excluding carboxylic acids is 1. The minimum Gasteiger partial charge on any atom is -0.392 e. The zero-order valence-corrected chi connectivity index (χ0v) is 17.9. The van der Waals surface area contributed by atoms with Crippen molar-refractivity contribution in [1.29, 1.82) is 0 Å². The van der Waals surface area contributed by atoms with Crippen molar-refractivity contribution in [2.24, 2.45) is 0 Å². The molecule has 3 rings (SSSR count). The number of hydrogen-bond donors (Lipinski definition) is 3. The van der Waals surface area contributed by atoms with Gasteiger partial charge in [-0.1, -0.05) is 43.3 Å². The van der Waals surface area contributed by atoms with Gasteiger partial charge in [-0.2, -0.15) is 0 Å². The first-order valence-electron chi connectivity index (χ1n) is 10.3. The molecule has 31 heavy (non-hydrogen) atoms. The number of nitrogens with zero attached hydrogens (tertiary/aromatic N) is 1. The summed E-state index contributed by atoms with van der Waals surface area (Å²) in [4.78, 5) is 15.6. The monoisotopic (exact) mass is 421 g/mol. The van der Waals surface area contributed by atoms with Gasteiger partial charge in [-0.25, -0.2) is 4.39 Å². The lowest BCUT2D eigenvalue weighted by Gasteiger charge is -2.17. The van der Waals surface area contributed by atoms with E-state index >= 15 is 0 Å². The predicted molar refractivity (Wildman–Crippen MR) is 119 cm³/mol. The highest BCUT2D eigenvalue weighted by Crippen LogP contribution is 2.26. The van der Waals surface area contributed by atoms with E-state index in [0.29, 0.717) is 19.6 Å². The predicted octanol–water partition coefficient (Wildman–Crippen LogP) is 3.79. The topological polar surface area (TPSA) is 74.2 Å². The largest absolute Gasteiger partial charge is 0.392 e. The first kappa shape index (κ1) is 22.6. The number of amides is 1. The van der Waals surface area contributed by atoms with Crippen LogP contribution in [-0.4, -0.2) is 16.0 Å². The van der Waals surface area contributed by atoms with Crippen molar-refractivity contribution in [3.05, 3.63) is 100 Å². The Morgan fingerprint density at radius 2 is 1.84 bits per heavy atom. The second-order valence-corrected chi connectivity index (χ2v) is 7.59. The number of aliphatic hydroxyl groups excluding tert-OH is 1. The van der Waals surface area contributed by atoms with Gasteiger partial charge in [0, 0.05) is 38.7 Å². The molecule has 0 radical (unpaired) electrons. The summed E-state index contributed by atoms with van der Waals surface area (Å²) < 4.78 is 13.3. The fourth-order valence-electron chi connectivity index (χ4n) is 3.57. The maximum Gasteiger partial charge on any atom is 0.217 e. The molecule has 0 aliphatic carbocycles. The maximum absolute atomic E-state index is 13.3. The zero-order valence-electron chi connectivity index (χ0n) is 17.9. The number of carbonyl (C=O) groups is 1. The van der Waals surface area contributed by atoms with Gasteiger partial charge in [0.1, 0.15) is 5.82 Å². The zero-order chi connectivity index (χ0) is 22.2. The lowest BCUT2D eigenvalue weighted by Crippen LogP contribution is -2.20. The number of nitrogens with one attached hydrogen (secondary N) is 2. The Morgan fingerprint density at radius 1 is 1.06 bits per heavy atom. The van der Waals surface area contributed by atoms with Crippen LogP contribution in [0.15, 0.2) is 60.8 Å². The van der Waals surface area contributed by atoms with Gasteiger partial charge in [0.15, 0.2) is 0 Å². The van der Waals surface area contributed by atoms with Gasteiger partial charge in [-0.05, 0) is 46.0 Å². The minimum absolute atomic E-state index is 0.0681. The molecule has 1 aromatic heterocycles. The van der Waals surface area contributed by atoms with E-state index in [-0.39, 0.29) is 24.2 Å². The highest BCUT2D eigenvalue weighted by atomic mass is 19.1. The maximum atomic E-state index is 13.3. The molecule has 162 valence electrons. The van der Waals surface area contributed by atoms with Crippen LogP contribution in [-0.2, 0) is 31.0 Å². The van der Waals surface area contributed by atoms with E-state index < -0.39 is 0 Å². The number of aliphatic hydroxyl groups is 1. The minimum atomic E-state index is -0.244. The molecular formula is C25H28FN3O2. The van der Waals surface area contributed by atoms with E-state index in [1.165, 1.54) is 19.1 Å². The van der Waals surface area contributed by atoms with Crippen LogP contribution in [0.5, 0.6) is 0 Å². The molecular weight excluding hydrogens is 393 g/mol. The van der Waals surface area contributed by atoms with Crippen molar-refractivity contribution >= 4 is 5.91 Å². The molecule has 0 bridgehead atoms. The highest BCUT2D eigenvalue weighted by molar-refractivity contribution is 5.72. The van der Waals surface area contributed by atoms with Gasteiger partial charge in [0.2, 0.25) is 5.91 Å². The fraction of sp³-hybridized carbons (Fsp3) is 0.280. The molecule has 0 aliphatic heterocycles. The molecule has 0 saturated heterocycles. The summed E-state index contributed by atoms with van der Waals surface area (Å²) >= 11 is 0. The molecule has 0 spiro atoms. The van der Waals surface area contributed by atoms with E-state index in [4.69, 9.17) is 0 Å². The number of hydrogen-bond acceptors (Lipinski definition) is 4. The van der Waals surface area contributed by atoms with Gasteiger partial charge in [-0.15, -0.1) is 0 Å². The van der Waals surface area contributed by atoms with Gasteiger partial charge < -0.3 is 15.7 Å². The van der Waals surface area contributed by atoms with Crippen LogP contribution < -0.4 is 10.6 Å². The van der Waals surface area contributed by atoms with Crippen LogP contribution >= 0.6 is 0 Å². The summed E-state index contributed by atoms with van der Waals surface area (Å²) in [5.41, 5.74) is 5.84. The van der Waals surface area contributed by atoms with Crippen LogP contribution in [0.25, 0.3) is 0 Å². The van der Waals surface area contributed by atoms with Gasteiger partial charge in [0.05, 0.1) is 12.3 Å². The lowest BCUT2D eigenvalue weighted by atomic mass is 9.92. The van der Waals surface area contributed by atoms with Crippen molar-refractivity contribution in [3.8, 4) is 0 Å². The Bertz CT molecular complexity index is 1020. The summed E-state index contributed by atoms with van der Waals surface area (Å²) in [7, 11) is 0. The molecule has 5 nitrogen and oxygen atoms in total. The van der Waals surface area contributed by atoms with E-state index in [1.54, 1.807) is 18.3 Å². The standard InChI is InChI=1S/C25H28FN3O2/c1-17(20-7-9-23(26)10-8-20)24-4-3-11-28-25(24)15-27-14-21-6-5-19(12-22(21)16-30)13-29-18(2)31/h3-12,17,27,30H,13-16H2,1-2H3,(H,29,31). The average molecular weight is 422 g/mol. The van der Waals surface area contributed by atoms with E-state index in [2.05, 4.69) is 22.5 Å². The quantitative estimate of drug-likeness (QED) is 0.491. The van der Waals surface area contributed by atoms with Crippen molar-refractivity contribution in [2.75, 3.05) is 0 Å². The van der Waals surface area contributed by atoms with Crippen molar-refractivity contribution < 1.29 is 14.3 Å². The normalized spacial score (nSPS) is 11.9.